The molecule has 0 spiro atoms. The van der Waals surface area contributed by atoms with Gasteiger partial charge < -0.3 is 10.4 Å². The first kappa shape index (κ1) is 14.2. The summed E-state index contributed by atoms with van der Waals surface area (Å²) in [7, 11) is 0. The number of benzene rings is 1. The first-order chi connectivity index (χ1) is 8.85. The minimum atomic E-state index is -0.744. The molecule has 1 heterocycles. The summed E-state index contributed by atoms with van der Waals surface area (Å²) >= 11 is 5.63. The molecule has 1 unspecified atom stereocenters. The Morgan fingerprint density at radius 2 is 2.37 bits per heavy atom. The van der Waals surface area contributed by atoms with E-state index < -0.39 is 11.4 Å². The lowest BCUT2D eigenvalue weighted by Gasteiger charge is -2.18. The number of nitrogens with one attached hydrogen (secondary N) is 1. The zero-order valence-corrected chi connectivity index (χ0v) is 11.4. The van der Waals surface area contributed by atoms with Crippen LogP contribution in [0.15, 0.2) is 18.2 Å². The highest BCUT2D eigenvalue weighted by Gasteiger charge is 2.32. The first-order valence-corrected chi connectivity index (χ1v) is 6.43. The van der Waals surface area contributed by atoms with E-state index in [4.69, 9.17) is 11.6 Å². The van der Waals surface area contributed by atoms with Crippen LogP contribution in [0.4, 0.5) is 10.1 Å². The number of hydrogen-bond acceptors (Lipinski definition) is 3. The molecule has 1 aliphatic rings. The van der Waals surface area contributed by atoms with Gasteiger partial charge in [0.05, 0.1) is 17.8 Å². The predicted molar refractivity (Wildman–Crippen MR) is 71.7 cm³/mol. The molecule has 0 aromatic heterocycles. The highest BCUT2D eigenvalue weighted by Crippen LogP contribution is 2.21. The van der Waals surface area contributed by atoms with Crippen LogP contribution in [0.3, 0.4) is 0 Å². The van der Waals surface area contributed by atoms with E-state index in [1.807, 2.05) is 4.90 Å². The van der Waals surface area contributed by atoms with Crippen molar-refractivity contribution < 1.29 is 14.3 Å². The number of amides is 1. The third-order valence-corrected chi connectivity index (χ3v) is 3.34. The Labute approximate surface area is 116 Å². The number of hydrogen-bond donors (Lipinski definition) is 2. The van der Waals surface area contributed by atoms with Crippen molar-refractivity contribution in [2.45, 2.75) is 18.9 Å². The van der Waals surface area contributed by atoms with Gasteiger partial charge in [0.25, 0.3) is 0 Å². The molecule has 2 rings (SSSR count). The fourth-order valence-electron chi connectivity index (χ4n) is 2.16. The van der Waals surface area contributed by atoms with Crippen LogP contribution >= 0.6 is 11.6 Å². The Morgan fingerprint density at radius 1 is 1.63 bits per heavy atom. The van der Waals surface area contributed by atoms with E-state index in [0.717, 1.165) is 6.07 Å². The summed E-state index contributed by atoms with van der Waals surface area (Å²) in [5.74, 6) is -0.867. The summed E-state index contributed by atoms with van der Waals surface area (Å²) in [5.41, 5.74) is -0.633. The average molecular weight is 287 g/mol. The largest absolute Gasteiger partial charge is 0.389 e. The third-order valence-electron chi connectivity index (χ3n) is 3.10. The maximum Gasteiger partial charge on any atom is 0.238 e. The van der Waals surface area contributed by atoms with E-state index in [9.17, 15) is 14.3 Å². The van der Waals surface area contributed by atoms with Gasteiger partial charge in [0.15, 0.2) is 0 Å². The van der Waals surface area contributed by atoms with Crippen LogP contribution in [0.1, 0.15) is 13.3 Å². The summed E-state index contributed by atoms with van der Waals surface area (Å²) in [6.45, 7) is 2.98. The minimum Gasteiger partial charge on any atom is -0.389 e. The lowest BCUT2D eigenvalue weighted by atomic mass is 10.1. The molecule has 1 amide bonds. The Hall–Kier alpha value is -1.17. The summed E-state index contributed by atoms with van der Waals surface area (Å²) in [6.07, 6.45) is 0.635. The van der Waals surface area contributed by atoms with Gasteiger partial charge in [-0.25, -0.2) is 4.39 Å². The molecule has 1 aromatic rings. The first-order valence-electron chi connectivity index (χ1n) is 6.05. The average Bonchev–Trinajstić information content (AvgIpc) is 2.62. The van der Waals surface area contributed by atoms with E-state index >= 15 is 0 Å². The van der Waals surface area contributed by atoms with Crippen LogP contribution in [0.5, 0.6) is 0 Å². The van der Waals surface area contributed by atoms with Crippen molar-refractivity contribution in [1.82, 2.24) is 4.90 Å². The monoisotopic (exact) mass is 286 g/mol. The van der Waals surface area contributed by atoms with E-state index in [0.29, 0.717) is 19.5 Å². The van der Waals surface area contributed by atoms with E-state index in [1.165, 1.54) is 12.1 Å². The molecule has 0 aliphatic carbocycles. The molecule has 1 saturated heterocycles. The fraction of sp³-hybridized carbons (Fsp3) is 0.462. The van der Waals surface area contributed by atoms with Crippen LogP contribution in [0, 0.1) is 5.82 Å². The fourth-order valence-corrected chi connectivity index (χ4v) is 2.32. The van der Waals surface area contributed by atoms with Gasteiger partial charge in [0, 0.05) is 18.1 Å². The Kier molecular flexibility index (Phi) is 4.08. The van der Waals surface area contributed by atoms with Crippen LogP contribution in [-0.4, -0.2) is 41.1 Å². The Bertz CT molecular complexity index is 494. The van der Waals surface area contributed by atoms with Gasteiger partial charge in [0.1, 0.15) is 5.82 Å². The molecule has 6 heteroatoms. The summed E-state index contributed by atoms with van der Waals surface area (Å²) in [6, 6.07) is 4.09. The number of halogens is 2. The number of carbonyl (C=O) groups excluding carboxylic acids is 1. The molecule has 1 aromatic carbocycles. The molecule has 0 saturated carbocycles. The van der Waals surface area contributed by atoms with E-state index in [1.54, 1.807) is 6.92 Å². The number of anilines is 1. The zero-order valence-electron chi connectivity index (χ0n) is 10.6. The van der Waals surface area contributed by atoms with Crippen molar-refractivity contribution in [2.75, 3.05) is 25.0 Å². The van der Waals surface area contributed by atoms with Crippen LogP contribution < -0.4 is 5.32 Å². The van der Waals surface area contributed by atoms with E-state index in [-0.39, 0.29) is 23.2 Å². The topological polar surface area (TPSA) is 52.6 Å². The second-order valence-electron chi connectivity index (χ2n) is 5.13. The molecule has 0 bridgehead atoms. The second kappa shape index (κ2) is 5.45. The van der Waals surface area contributed by atoms with Crippen molar-refractivity contribution in [2.24, 2.45) is 0 Å². The van der Waals surface area contributed by atoms with Crippen molar-refractivity contribution >= 4 is 23.2 Å². The van der Waals surface area contributed by atoms with Gasteiger partial charge in [-0.2, -0.15) is 0 Å². The number of rotatable bonds is 3. The van der Waals surface area contributed by atoms with Crippen LogP contribution in [-0.2, 0) is 4.79 Å². The molecule has 1 fully saturated rings. The molecule has 1 aliphatic heterocycles. The Morgan fingerprint density at radius 3 is 2.95 bits per heavy atom. The van der Waals surface area contributed by atoms with Gasteiger partial charge in [-0.15, -0.1) is 0 Å². The normalized spacial score (nSPS) is 23.6. The molecule has 104 valence electrons. The van der Waals surface area contributed by atoms with Gasteiger partial charge in [-0.3, -0.25) is 9.69 Å². The molecule has 0 radical (unpaired) electrons. The molecule has 2 N–H and O–H groups in total. The Balaban J connectivity index is 1.91. The number of β-amino-alcohol motifs (C(OH)–C–C–N with tert-alkyl or cyclic N) is 1. The van der Waals surface area contributed by atoms with Crippen molar-refractivity contribution in [3.63, 3.8) is 0 Å². The molecule has 4 nitrogen and oxygen atoms in total. The SMILES string of the molecule is CC1(O)CCN(CC(=O)Nc2ccc(Cl)cc2F)C1. The van der Waals surface area contributed by atoms with Crippen LogP contribution in [0.25, 0.3) is 0 Å². The minimum absolute atomic E-state index is 0.111. The highest BCUT2D eigenvalue weighted by atomic mass is 35.5. The lowest BCUT2D eigenvalue weighted by molar-refractivity contribution is -0.117. The summed E-state index contributed by atoms with van der Waals surface area (Å²) < 4.78 is 13.5. The number of likely N-dealkylation sites (tertiary alicyclic amines) is 1. The smallest absolute Gasteiger partial charge is 0.238 e. The van der Waals surface area contributed by atoms with Crippen molar-refractivity contribution in [1.29, 1.82) is 0 Å². The highest BCUT2D eigenvalue weighted by molar-refractivity contribution is 6.30. The van der Waals surface area contributed by atoms with Gasteiger partial charge >= 0.3 is 0 Å². The molecular formula is C13H16ClFN2O2. The second-order valence-corrected chi connectivity index (χ2v) is 5.57. The van der Waals surface area contributed by atoms with Crippen molar-refractivity contribution in [3.8, 4) is 0 Å². The summed E-state index contributed by atoms with van der Waals surface area (Å²) in [4.78, 5) is 13.6. The predicted octanol–water partition coefficient (Wildman–Crippen LogP) is 1.87. The van der Waals surface area contributed by atoms with Crippen molar-refractivity contribution in [3.05, 3.63) is 29.0 Å². The summed E-state index contributed by atoms with van der Waals surface area (Å²) in [5, 5.41) is 12.6. The number of aliphatic hydroxyl groups is 1. The van der Waals surface area contributed by atoms with Crippen LogP contribution in [0.2, 0.25) is 5.02 Å². The maximum atomic E-state index is 13.5. The maximum absolute atomic E-state index is 13.5. The zero-order chi connectivity index (χ0) is 14.0. The van der Waals surface area contributed by atoms with Gasteiger partial charge in [0.2, 0.25) is 5.91 Å². The molecule has 1 atom stereocenters. The number of nitrogens with zero attached hydrogens (tertiary/aromatic N) is 1. The van der Waals surface area contributed by atoms with Gasteiger partial charge in [-0.1, -0.05) is 11.6 Å². The lowest BCUT2D eigenvalue weighted by Crippen LogP contribution is -2.35. The quantitative estimate of drug-likeness (QED) is 0.892. The molecule has 19 heavy (non-hydrogen) atoms. The van der Waals surface area contributed by atoms with Gasteiger partial charge in [-0.05, 0) is 31.5 Å². The van der Waals surface area contributed by atoms with E-state index in [2.05, 4.69) is 5.32 Å². The third kappa shape index (κ3) is 3.89. The standard InChI is InChI=1S/C13H16ClFN2O2/c1-13(19)4-5-17(8-13)7-12(18)16-11-3-2-9(14)6-10(11)15/h2-3,6,19H,4-5,7-8H2,1H3,(H,16,18). The number of carbonyl (C=O) groups is 1. The molecular weight excluding hydrogens is 271 g/mol.